The summed E-state index contributed by atoms with van der Waals surface area (Å²) in [5, 5.41) is 4.22. The zero-order chi connectivity index (χ0) is 14.7. The monoisotopic (exact) mass is 300 g/mol. The number of esters is 1. The first-order chi connectivity index (χ1) is 9.52. The fourth-order valence-corrected chi connectivity index (χ4v) is 1.94. The van der Waals surface area contributed by atoms with Gasteiger partial charge in [-0.25, -0.2) is 13.6 Å². The number of ether oxygens (including phenoxy) is 1. The zero-order valence-corrected chi connectivity index (χ0v) is 11.3. The van der Waals surface area contributed by atoms with Crippen molar-refractivity contribution in [3.05, 3.63) is 52.3 Å². The molecular weight excluding hydrogens is 290 g/mol. The van der Waals surface area contributed by atoms with E-state index in [9.17, 15) is 13.6 Å². The maximum Gasteiger partial charge on any atom is 0.341 e. The Balaban J connectivity index is 2.34. The van der Waals surface area contributed by atoms with Crippen LogP contribution in [0.5, 0.6) is 0 Å². The maximum atomic E-state index is 12.8. The summed E-state index contributed by atoms with van der Waals surface area (Å²) >= 11 is 5.99. The Morgan fingerprint density at radius 1 is 1.45 bits per heavy atom. The summed E-state index contributed by atoms with van der Waals surface area (Å²) in [6.45, 7) is 0.191. The molecule has 106 valence electrons. The van der Waals surface area contributed by atoms with Crippen LogP contribution >= 0.6 is 11.6 Å². The minimum Gasteiger partial charge on any atom is -0.465 e. The Morgan fingerprint density at radius 2 is 2.15 bits per heavy atom. The molecule has 1 heterocycles. The normalized spacial score (nSPS) is 10.8. The Kier molecular flexibility index (Phi) is 4.34. The quantitative estimate of drug-likeness (QED) is 0.814. The lowest BCUT2D eigenvalue weighted by Gasteiger charge is -2.03. The van der Waals surface area contributed by atoms with E-state index < -0.39 is 18.1 Å². The van der Waals surface area contributed by atoms with Crippen molar-refractivity contribution in [3.8, 4) is 0 Å². The van der Waals surface area contributed by atoms with Crippen LogP contribution in [0.15, 0.2) is 30.5 Å². The van der Waals surface area contributed by atoms with Gasteiger partial charge in [0, 0.05) is 11.2 Å². The third kappa shape index (κ3) is 2.96. The molecule has 0 amide bonds. The van der Waals surface area contributed by atoms with Crippen LogP contribution in [0.25, 0.3) is 0 Å². The van der Waals surface area contributed by atoms with Crippen LogP contribution in [-0.2, 0) is 11.3 Å². The van der Waals surface area contributed by atoms with Crippen molar-refractivity contribution < 1.29 is 18.3 Å². The highest BCUT2D eigenvalue weighted by Gasteiger charge is 2.23. The smallest absolute Gasteiger partial charge is 0.341 e. The van der Waals surface area contributed by atoms with Gasteiger partial charge in [0.1, 0.15) is 11.3 Å². The molecule has 0 unspecified atom stereocenters. The first kappa shape index (κ1) is 14.5. The van der Waals surface area contributed by atoms with Crippen LogP contribution in [0.1, 0.15) is 28.0 Å². The summed E-state index contributed by atoms with van der Waals surface area (Å²) < 4.78 is 31.4. The van der Waals surface area contributed by atoms with Gasteiger partial charge < -0.3 is 4.74 Å². The van der Waals surface area contributed by atoms with E-state index in [-0.39, 0.29) is 12.1 Å². The number of aromatic nitrogens is 2. The third-order valence-corrected chi connectivity index (χ3v) is 3.06. The molecule has 0 fully saturated rings. The van der Waals surface area contributed by atoms with E-state index >= 15 is 0 Å². The zero-order valence-electron chi connectivity index (χ0n) is 10.5. The van der Waals surface area contributed by atoms with Gasteiger partial charge in [-0.2, -0.15) is 5.10 Å². The van der Waals surface area contributed by atoms with Gasteiger partial charge in [-0.1, -0.05) is 29.8 Å². The Hall–Kier alpha value is -1.95. The van der Waals surface area contributed by atoms with E-state index in [4.69, 9.17) is 11.6 Å². The molecule has 0 bridgehead atoms. The maximum absolute atomic E-state index is 12.8. The van der Waals surface area contributed by atoms with E-state index in [0.29, 0.717) is 10.6 Å². The Labute approximate surface area is 118 Å². The summed E-state index contributed by atoms with van der Waals surface area (Å²) in [5.41, 5.74) is -0.118. The fraction of sp³-hybridized carbons (Fsp3) is 0.231. The number of nitrogens with zero attached hydrogens (tertiary/aromatic N) is 2. The molecule has 4 nitrogen and oxygen atoms in total. The SMILES string of the molecule is COC(=O)c1cn(Cc2ccccc2Cl)nc1C(F)F. The van der Waals surface area contributed by atoms with E-state index in [0.717, 1.165) is 7.11 Å². The van der Waals surface area contributed by atoms with Gasteiger partial charge in [0.25, 0.3) is 6.43 Å². The van der Waals surface area contributed by atoms with Gasteiger partial charge in [-0.05, 0) is 11.6 Å². The van der Waals surface area contributed by atoms with E-state index in [1.54, 1.807) is 24.3 Å². The summed E-state index contributed by atoms with van der Waals surface area (Å²) in [6, 6.07) is 6.98. The van der Waals surface area contributed by atoms with Crippen LogP contribution in [0, 0.1) is 0 Å². The molecule has 20 heavy (non-hydrogen) atoms. The first-order valence-electron chi connectivity index (χ1n) is 5.70. The minimum atomic E-state index is -2.85. The molecule has 2 aromatic rings. The largest absolute Gasteiger partial charge is 0.465 e. The van der Waals surface area contributed by atoms with E-state index in [1.807, 2.05) is 0 Å². The number of rotatable bonds is 4. The second kappa shape index (κ2) is 6.00. The van der Waals surface area contributed by atoms with Gasteiger partial charge in [0.05, 0.1) is 13.7 Å². The van der Waals surface area contributed by atoms with Gasteiger partial charge in [0.15, 0.2) is 0 Å². The predicted octanol–water partition coefficient (Wildman–Crippen LogP) is 3.31. The van der Waals surface area contributed by atoms with E-state index in [1.165, 1.54) is 10.9 Å². The van der Waals surface area contributed by atoms with Crippen molar-refractivity contribution >= 4 is 17.6 Å². The summed E-state index contributed by atoms with van der Waals surface area (Å²) in [4.78, 5) is 11.4. The molecule has 1 aromatic heterocycles. The lowest BCUT2D eigenvalue weighted by molar-refractivity contribution is 0.0589. The molecule has 0 N–H and O–H groups in total. The summed E-state index contributed by atoms with van der Waals surface area (Å²) in [7, 11) is 1.13. The number of benzene rings is 1. The molecule has 0 spiro atoms. The number of hydrogen-bond donors (Lipinski definition) is 0. The lowest BCUT2D eigenvalue weighted by Crippen LogP contribution is -2.03. The van der Waals surface area contributed by atoms with Gasteiger partial charge in [0.2, 0.25) is 0 Å². The highest BCUT2D eigenvalue weighted by molar-refractivity contribution is 6.31. The molecule has 0 aliphatic rings. The summed E-state index contributed by atoms with van der Waals surface area (Å²) in [5.74, 6) is -0.842. The molecule has 2 rings (SSSR count). The Bertz CT molecular complexity index is 629. The predicted molar refractivity (Wildman–Crippen MR) is 69.1 cm³/mol. The number of alkyl halides is 2. The van der Waals surface area contributed by atoms with Gasteiger partial charge >= 0.3 is 5.97 Å². The average molecular weight is 301 g/mol. The van der Waals surface area contributed by atoms with Crippen molar-refractivity contribution in [1.29, 1.82) is 0 Å². The average Bonchev–Trinajstić information content (AvgIpc) is 2.85. The molecule has 0 aliphatic heterocycles. The van der Waals surface area contributed by atoms with Crippen LogP contribution < -0.4 is 0 Å². The third-order valence-electron chi connectivity index (χ3n) is 2.69. The van der Waals surface area contributed by atoms with Crippen LogP contribution in [0.4, 0.5) is 8.78 Å². The standard InChI is InChI=1S/C13H11ClF2N2O2/c1-20-13(19)9-7-18(17-11(9)12(15)16)6-8-4-2-3-5-10(8)14/h2-5,7,12H,6H2,1H3. The molecular formula is C13H11ClF2N2O2. The van der Waals surface area contributed by atoms with Gasteiger partial charge in [-0.15, -0.1) is 0 Å². The molecule has 1 aromatic carbocycles. The first-order valence-corrected chi connectivity index (χ1v) is 6.08. The fourth-order valence-electron chi connectivity index (χ4n) is 1.75. The van der Waals surface area contributed by atoms with Crippen molar-refractivity contribution in [2.75, 3.05) is 7.11 Å². The highest BCUT2D eigenvalue weighted by Crippen LogP contribution is 2.23. The topological polar surface area (TPSA) is 44.1 Å². The van der Waals surface area contributed by atoms with Crippen molar-refractivity contribution in [2.45, 2.75) is 13.0 Å². The number of hydrogen-bond acceptors (Lipinski definition) is 3. The van der Waals surface area contributed by atoms with Crippen molar-refractivity contribution in [1.82, 2.24) is 9.78 Å². The van der Waals surface area contributed by atoms with E-state index in [2.05, 4.69) is 9.84 Å². The second-order valence-electron chi connectivity index (χ2n) is 4.01. The molecule has 0 atom stereocenters. The molecule has 0 aliphatic carbocycles. The van der Waals surface area contributed by atoms with Crippen molar-refractivity contribution in [3.63, 3.8) is 0 Å². The molecule has 7 heteroatoms. The number of carbonyl (C=O) groups excluding carboxylic acids is 1. The minimum absolute atomic E-state index is 0.191. The number of methoxy groups -OCH3 is 1. The molecule has 0 saturated carbocycles. The summed E-state index contributed by atoms with van der Waals surface area (Å²) in [6.07, 6.45) is -1.62. The number of halogens is 3. The molecule has 0 saturated heterocycles. The Morgan fingerprint density at radius 3 is 2.75 bits per heavy atom. The highest BCUT2D eigenvalue weighted by atomic mass is 35.5. The van der Waals surface area contributed by atoms with Crippen LogP contribution in [-0.4, -0.2) is 22.9 Å². The lowest BCUT2D eigenvalue weighted by atomic mass is 10.2. The van der Waals surface area contributed by atoms with Crippen LogP contribution in [0.2, 0.25) is 5.02 Å². The van der Waals surface area contributed by atoms with Gasteiger partial charge in [-0.3, -0.25) is 4.68 Å². The number of carbonyl (C=O) groups is 1. The van der Waals surface area contributed by atoms with Crippen molar-refractivity contribution in [2.24, 2.45) is 0 Å². The second-order valence-corrected chi connectivity index (χ2v) is 4.42. The molecule has 0 radical (unpaired) electrons. The van der Waals surface area contributed by atoms with Crippen LogP contribution in [0.3, 0.4) is 0 Å².